The summed E-state index contributed by atoms with van der Waals surface area (Å²) in [6, 6.07) is 4.47. The van der Waals surface area contributed by atoms with Crippen molar-refractivity contribution in [3.05, 3.63) is 24.0 Å². The third-order valence-electron chi connectivity index (χ3n) is 4.63. The molecule has 2 amide bonds. The molecule has 2 N–H and O–H groups in total. The van der Waals surface area contributed by atoms with Gasteiger partial charge in [-0.1, -0.05) is 0 Å². The Morgan fingerprint density at radius 1 is 1.36 bits per heavy atom. The number of nitrogens with one attached hydrogen (secondary N) is 2. The molecule has 1 unspecified atom stereocenters. The van der Waals surface area contributed by atoms with Crippen molar-refractivity contribution in [3.63, 3.8) is 0 Å². The Labute approximate surface area is 160 Å². The number of nitrogens with zero attached hydrogens (tertiary/aromatic N) is 3. The maximum atomic E-state index is 14.7. The average molecular weight is 401 g/mol. The van der Waals surface area contributed by atoms with E-state index in [0.29, 0.717) is 31.0 Å². The Bertz CT molecular complexity index is 736. The van der Waals surface area contributed by atoms with E-state index >= 15 is 0 Å². The first-order valence-electron chi connectivity index (χ1n) is 8.88. The van der Waals surface area contributed by atoms with E-state index in [-0.39, 0.29) is 13.1 Å². The number of hydrogen-bond donors (Lipinski definition) is 2. The minimum atomic E-state index is -3.14. The van der Waals surface area contributed by atoms with Gasteiger partial charge < -0.3 is 15.0 Å². The van der Waals surface area contributed by atoms with Gasteiger partial charge in [-0.15, -0.1) is 0 Å². The fourth-order valence-corrected chi connectivity index (χ4v) is 3.13. The number of halogens is 3. The van der Waals surface area contributed by atoms with Crippen molar-refractivity contribution in [2.45, 2.75) is 12.5 Å². The normalized spacial score (nSPS) is 21.0. The number of rotatable bonds is 5. The lowest BCUT2D eigenvalue weighted by molar-refractivity contribution is -0.132. The maximum absolute atomic E-state index is 14.7. The molecular formula is C17H22F3N5O3. The number of anilines is 2. The Kier molecular flexibility index (Phi) is 6.25. The topological polar surface area (TPSA) is 77.2 Å². The predicted molar refractivity (Wildman–Crippen MR) is 95.9 cm³/mol. The first-order valence-corrected chi connectivity index (χ1v) is 8.88. The van der Waals surface area contributed by atoms with Crippen LogP contribution in [0.25, 0.3) is 0 Å². The number of ether oxygens (including phenoxy) is 1. The van der Waals surface area contributed by atoms with Crippen LogP contribution in [0.15, 0.2) is 18.2 Å². The number of carbonyl (C=O) groups is 2. The number of alkyl halides is 2. The molecule has 1 aromatic carbocycles. The zero-order chi connectivity index (χ0) is 20.3. The molecule has 1 aromatic rings. The molecule has 2 fully saturated rings. The number of likely N-dealkylation sites (N-methyl/N-ethyl adjacent to an activating group) is 1. The zero-order valence-corrected chi connectivity index (χ0v) is 15.3. The van der Waals surface area contributed by atoms with E-state index in [1.165, 1.54) is 11.0 Å². The van der Waals surface area contributed by atoms with Crippen LogP contribution < -0.4 is 20.5 Å². The number of hydrazine groups is 1. The summed E-state index contributed by atoms with van der Waals surface area (Å²) in [6.45, 7) is 2.49. The summed E-state index contributed by atoms with van der Waals surface area (Å²) in [5, 5.41) is 3.95. The monoisotopic (exact) mass is 401 g/mol. The Morgan fingerprint density at radius 2 is 2.14 bits per heavy atom. The molecule has 3 rings (SSSR count). The second kappa shape index (κ2) is 8.65. The molecule has 1 atom stereocenters. The number of benzene rings is 1. The van der Waals surface area contributed by atoms with Gasteiger partial charge in [-0.2, -0.15) is 8.78 Å². The molecule has 0 bridgehead atoms. The molecule has 28 heavy (non-hydrogen) atoms. The number of amides is 2. The summed E-state index contributed by atoms with van der Waals surface area (Å²) in [5.74, 6) is -1.90. The first-order chi connectivity index (χ1) is 13.3. The van der Waals surface area contributed by atoms with Crippen LogP contribution in [0.2, 0.25) is 0 Å². The van der Waals surface area contributed by atoms with Crippen LogP contribution in [0.1, 0.15) is 0 Å². The lowest BCUT2D eigenvalue weighted by Gasteiger charge is -2.24. The zero-order valence-electron chi connectivity index (χ0n) is 15.3. The first kappa shape index (κ1) is 20.2. The smallest absolute Gasteiger partial charge is 0.414 e. The Hall–Kier alpha value is -2.53. The van der Waals surface area contributed by atoms with Gasteiger partial charge in [-0.3, -0.25) is 15.1 Å². The van der Waals surface area contributed by atoms with E-state index in [0.717, 1.165) is 6.54 Å². The molecule has 2 aliphatic heterocycles. The van der Waals surface area contributed by atoms with Crippen LogP contribution >= 0.6 is 0 Å². The van der Waals surface area contributed by atoms with Crippen LogP contribution in [-0.4, -0.2) is 75.9 Å². The SMILES string of the molecule is CN1CCN(c2ccc(N3CC(CNC(=O)C(F)F)OC3=O)cc2F)CCN1. The van der Waals surface area contributed by atoms with E-state index < -0.39 is 30.3 Å². The molecular weight excluding hydrogens is 379 g/mol. The fraction of sp³-hybridized carbons (Fsp3) is 0.529. The lowest BCUT2D eigenvalue weighted by atomic mass is 10.2. The van der Waals surface area contributed by atoms with E-state index in [4.69, 9.17) is 4.74 Å². The van der Waals surface area contributed by atoms with Gasteiger partial charge in [0.2, 0.25) is 0 Å². The standard InChI is InChI=1S/C17H22F3N5O3/c1-23-6-7-24(5-4-22-23)14-3-2-11(8-13(14)18)25-10-12(28-17(25)27)9-21-16(26)15(19)20/h2-3,8,12,15,22H,4-7,9-10H2,1H3,(H,21,26). The molecule has 154 valence electrons. The van der Waals surface area contributed by atoms with Gasteiger partial charge in [0, 0.05) is 33.2 Å². The molecule has 0 saturated carbocycles. The van der Waals surface area contributed by atoms with Gasteiger partial charge >= 0.3 is 12.5 Å². The van der Waals surface area contributed by atoms with Crippen LogP contribution in [0.3, 0.4) is 0 Å². The Morgan fingerprint density at radius 3 is 2.86 bits per heavy atom. The summed E-state index contributed by atoms with van der Waals surface area (Å²) in [6.07, 6.45) is -4.64. The van der Waals surface area contributed by atoms with E-state index in [9.17, 15) is 22.8 Å². The van der Waals surface area contributed by atoms with Gasteiger partial charge in [-0.05, 0) is 18.2 Å². The van der Waals surface area contributed by atoms with Crippen LogP contribution in [0, 0.1) is 5.82 Å². The molecule has 0 radical (unpaired) electrons. The van der Waals surface area contributed by atoms with Crippen LogP contribution in [0.4, 0.5) is 29.3 Å². The van der Waals surface area contributed by atoms with Crippen molar-refractivity contribution in [2.24, 2.45) is 0 Å². The second-order valence-electron chi connectivity index (χ2n) is 6.61. The molecule has 0 spiro atoms. The number of cyclic esters (lactones) is 1. The second-order valence-corrected chi connectivity index (χ2v) is 6.61. The predicted octanol–water partition coefficient (Wildman–Crippen LogP) is 0.789. The fourth-order valence-electron chi connectivity index (χ4n) is 3.13. The highest BCUT2D eigenvalue weighted by atomic mass is 19.3. The minimum Gasteiger partial charge on any atom is -0.442 e. The highest BCUT2D eigenvalue weighted by Crippen LogP contribution is 2.28. The lowest BCUT2D eigenvalue weighted by Crippen LogP contribution is -2.37. The Balaban J connectivity index is 1.64. The van der Waals surface area contributed by atoms with Crippen molar-refractivity contribution in [1.82, 2.24) is 15.8 Å². The molecule has 2 saturated heterocycles. The van der Waals surface area contributed by atoms with Gasteiger partial charge in [0.15, 0.2) is 0 Å². The van der Waals surface area contributed by atoms with Crippen LogP contribution in [0.5, 0.6) is 0 Å². The van der Waals surface area contributed by atoms with Crippen molar-refractivity contribution in [2.75, 3.05) is 56.1 Å². The summed E-state index contributed by atoms with van der Waals surface area (Å²) in [7, 11) is 1.92. The number of hydrogen-bond acceptors (Lipinski definition) is 6. The van der Waals surface area contributed by atoms with Crippen molar-refractivity contribution >= 4 is 23.4 Å². The van der Waals surface area contributed by atoms with Gasteiger partial charge in [0.05, 0.1) is 24.5 Å². The van der Waals surface area contributed by atoms with Crippen LogP contribution in [-0.2, 0) is 9.53 Å². The van der Waals surface area contributed by atoms with E-state index in [2.05, 4.69) is 5.43 Å². The molecule has 0 aliphatic carbocycles. The number of carbonyl (C=O) groups excluding carboxylic acids is 2. The molecule has 2 aliphatic rings. The van der Waals surface area contributed by atoms with E-state index in [1.54, 1.807) is 12.1 Å². The highest BCUT2D eigenvalue weighted by Gasteiger charge is 2.33. The minimum absolute atomic E-state index is 0.0273. The third kappa shape index (κ3) is 4.65. The molecule has 2 heterocycles. The third-order valence-corrected chi connectivity index (χ3v) is 4.63. The van der Waals surface area contributed by atoms with Crippen molar-refractivity contribution < 1.29 is 27.5 Å². The van der Waals surface area contributed by atoms with E-state index in [1.807, 2.05) is 22.3 Å². The van der Waals surface area contributed by atoms with Gasteiger partial charge in [0.25, 0.3) is 5.91 Å². The molecule has 8 nitrogen and oxygen atoms in total. The van der Waals surface area contributed by atoms with Crippen molar-refractivity contribution in [1.29, 1.82) is 0 Å². The summed E-state index contributed by atoms with van der Waals surface area (Å²) in [5.41, 5.74) is 3.92. The highest BCUT2D eigenvalue weighted by molar-refractivity contribution is 5.90. The summed E-state index contributed by atoms with van der Waals surface area (Å²) in [4.78, 5) is 26.1. The maximum Gasteiger partial charge on any atom is 0.414 e. The average Bonchev–Trinajstić information content (AvgIpc) is 2.89. The van der Waals surface area contributed by atoms with Crippen molar-refractivity contribution in [3.8, 4) is 0 Å². The quantitative estimate of drug-likeness (QED) is 0.760. The molecule has 0 aromatic heterocycles. The van der Waals surface area contributed by atoms with Gasteiger partial charge in [0.1, 0.15) is 11.9 Å². The largest absolute Gasteiger partial charge is 0.442 e. The summed E-state index contributed by atoms with van der Waals surface area (Å²) >= 11 is 0. The van der Waals surface area contributed by atoms with Gasteiger partial charge in [-0.25, -0.2) is 14.2 Å². The molecule has 11 heteroatoms. The summed E-state index contributed by atoms with van der Waals surface area (Å²) < 4.78 is 44.2.